The fourth-order valence-corrected chi connectivity index (χ4v) is 1.49. The van der Waals surface area contributed by atoms with E-state index in [9.17, 15) is 0 Å². The van der Waals surface area contributed by atoms with Crippen LogP contribution in [0, 0.1) is 0 Å². The van der Waals surface area contributed by atoms with Gasteiger partial charge in [-0.3, -0.25) is 0 Å². The summed E-state index contributed by atoms with van der Waals surface area (Å²) >= 11 is 4.37. The standard InChI is InChI=1S/C10H10N2S/c1-2-10(13)12-7-11-8-5-3-4-6-9(8)12/h2-7,10,13H,1H2. The van der Waals surface area contributed by atoms with Crippen molar-refractivity contribution in [2.75, 3.05) is 0 Å². The average Bonchev–Trinajstić information content (AvgIpc) is 2.60. The van der Waals surface area contributed by atoms with Gasteiger partial charge in [0, 0.05) is 0 Å². The molecular weight excluding hydrogens is 180 g/mol. The van der Waals surface area contributed by atoms with Gasteiger partial charge in [0.2, 0.25) is 0 Å². The van der Waals surface area contributed by atoms with Crippen molar-refractivity contribution in [3.05, 3.63) is 43.2 Å². The van der Waals surface area contributed by atoms with Crippen molar-refractivity contribution in [3.8, 4) is 0 Å². The molecule has 66 valence electrons. The van der Waals surface area contributed by atoms with Gasteiger partial charge in [-0.2, -0.15) is 0 Å². The fourth-order valence-electron chi connectivity index (χ4n) is 1.30. The first-order valence-electron chi connectivity index (χ1n) is 4.05. The number of para-hydroxylation sites is 2. The Hall–Kier alpha value is -1.22. The van der Waals surface area contributed by atoms with Gasteiger partial charge >= 0.3 is 0 Å². The average molecular weight is 190 g/mol. The minimum atomic E-state index is -0.00704. The number of imidazole rings is 1. The summed E-state index contributed by atoms with van der Waals surface area (Å²) in [5.41, 5.74) is 2.07. The Labute approximate surface area is 82.3 Å². The maximum Gasteiger partial charge on any atom is 0.0970 e. The van der Waals surface area contributed by atoms with Gasteiger partial charge in [-0.15, -0.1) is 19.2 Å². The molecule has 13 heavy (non-hydrogen) atoms. The molecule has 0 aliphatic heterocycles. The van der Waals surface area contributed by atoms with E-state index in [0.717, 1.165) is 11.0 Å². The highest BCUT2D eigenvalue weighted by atomic mass is 32.1. The number of aromatic nitrogens is 2. The van der Waals surface area contributed by atoms with E-state index in [1.807, 2.05) is 28.8 Å². The topological polar surface area (TPSA) is 17.8 Å². The molecule has 0 saturated heterocycles. The normalized spacial score (nSPS) is 13.0. The summed E-state index contributed by atoms with van der Waals surface area (Å²) in [6.45, 7) is 3.70. The number of hydrogen-bond donors (Lipinski definition) is 1. The zero-order valence-electron chi connectivity index (χ0n) is 7.09. The number of rotatable bonds is 2. The Morgan fingerprint density at radius 2 is 2.23 bits per heavy atom. The van der Waals surface area contributed by atoms with E-state index in [4.69, 9.17) is 0 Å². The Bertz CT molecular complexity index is 433. The van der Waals surface area contributed by atoms with Crippen LogP contribution in [0.5, 0.6) is 0 Å². The summed E-state index contributed by atoms with van der Waals surface area (Å²) in [6.07, 6.45) is 3.56. The molecule has 0 fully saturated rings. The summed E-state index contributed by atoms with van der Waals surface area (Å²) in [6, 6.07) is 7.97. The number of benzene rings is 1. The van der Waals surface area contributed by atoms with Crippen LogP contribution in [0.15, 0.2) is 43.2 Å². The van der Waals surface area contributed by atoms with Crippen LogP contribution in [0.2, 0.25) is 0 Å². The molecule has 1 heterocycles. The third-order valence-electron chi connectivity index (χ3n) is 1.98. The van der Waals surface area contributed by atoms with E-state index in [1.54, 1.807) is 12.4 Å². The second-order valence-electron chi connectivity index (χ2n) is 2.79. The van der Waals surface area contributed by atoms with Gasteiger partial charge in [0.05, 0.1) is 22.7 Å². The van der Waals surface area contributed by atoms with Crippen LogP contribution in [0.4, 0.5) is 0 Å². The van der Waals surface area contributed by atoms with Gasteiger partial charge in [0.25, 0.3) is 0 Å². The Kier molecular flexibility index (Phi) is 2.10. The smallest absolute Gasteiger partial charge is 0.0970 e. The molecule has 1 aromatic carbocycles. The third-order valence-corrected chi connectivity index (χ3v) is 2.44. The minimum absolute atomic E-state index is 0.00704. The molecule has 3 heteroatoms. The Balaban J connectivity index is 2.64. The predicted octanol–water partition coefficient (Wildman–Crippen LogP) is 2.65. The number of hydrogen-bond acceptors (Lipinski definition) is 2. The summed E-state index contributed by atoms with van der Waals surface area (Å²) in [5, 5.41) is -0.00704. The van der Waals surface area contributed by atoms with Crippen molar-refractivity contribution >= 4 is 23.7 Å². The van der Waals surface area contributed by atoms with E-state index in [1.165, 1.54) is 0 Å². The van der Waals surface area contributed by atoms with Gasteiger partial charge in [-0.05, 0) is 12.1 Å². The van der Waals surface area contributed by atoms with E-state index in [-0.39, 0.29) is 5.37 Å². The van der Waals surface area contributed by atoms with Gasteiger partial charge in [-0.1, -0.05) is 18.2 Å². The van der Waals surface area contributed by atoms with Crippen molar-refractivity contribution in [1.29, 1.82) is 0 Å². The summed E-state index contributed by atoms with van der Waals surface area (Å²) < 4.78 is 1.98. The quantitative estimate of drug-likeness (QED) is 0.569. The first kappa shape index (κ1) is 8.38. The van der Waals surface area contributed by atoms with Crippen molar-refractivity contribution in [1.82, 2.24) is 9.55 Å². The van der Waals surface area contributed by atoms with Crippen LogP contribution in [-0.2, 0) is 0 Å². The largest absolute Gasteiger partial charge is 0.315 e. The molecular formula is C10H10N2S. The van der Waals surface area contributed by atoms with Crippen molar-refractivity contribution in [2.45, 2.75) is 5.37 Å². The third kappa shape index (κ3) is 1.35. The van der Waals surface area contributed by atoms with Gasteiger partial charge < -0.3 is 4.57 Å². The second-order valence-corrected chi connectivity index (χ2v) is 3.32. The lowest BCUT2D eigenvalue weighted by Gasteiger charge is -2.07. The molecule has 0 amide bonds. The highest BCUT2D eigenvalue weighted by Crippen LogP contribution is 2.20. The summed E-state index contributed by atoms with van der Waals surface area (Å²) in [5.74, 6) is 0. The van der Waals surface area contributed by atoms with E-state index in [0.29, 0.717) is 0 Å². The molecule has 0 aliphatic rings. The zero-order chi connectivity index (χ0) is 9.26. The van der Waals surface area contributed by atoms with Crippen molar-refractivity contribution in [3.63, 3.8) is 0 Å². The van der Waals surface area contributed by atoms with Crippen molar-refractivity contribution < 1.29 is 0 Å². The summed E-state index contributed by atoms with van der Waals surface area (Å²) in [7, 11) is 0. The van der Waals surface area contributed by atoms with E-state index < -0.39 is 0 Å². The van der Waals surface area contributed by atoms with Crippen LogP contribution in [0.1, 0.15) is 5.37 Å². The first-order chi connectivity index (χ1) is 6.33. The van der Waals surface area contributed by atoms with Crippen LogP contribution < -0.4 is 0 Å². The van der Waals surface area contributed by atoms with Crippen LogP contribution in [0.25, 0.3) is 11.0 Å². The van der Waals surface area contributed by atoms with E-state index in [2.05, 4.69) is 24.2 Å². The van der Waals surface area contributed by atoms with Crippen molar-refractivity contribution in [2.24, 2.45) is 0 Å². The molecule has 1 unspecified atom stereocenters. The first-order valence-corrected chi connectivity index (χ1v) is 4.57. The molecule has 0 bridgehead atoms. The fraction of sp³-hybridized carbons (Fsp3) is 0.100. The Morgan fingerprint density at radius 3 is 3.00 bits per heavy atom. The highest BCUT2D eigenvalue weighted by molar-refractivity contribution is 7.80. The zero-order valence-corrected chi connectivity index (χ0v) is 7.98. The number of fused-ring (bicyclic) bond motifs is 1. The number of thiol groups is 1. The minimum Gasteiger partial charge on any atom is -0.315 e. The lowest BCUT2D eigenvalue weighted by atomic mass is 10.3. The molecule has 2 aromatic rings. The molecule has 0 saturated carbocycles. The molecule has 0 aliphatic carbocycles. The molecule has 1 aromatic heterocycles. The highest BCUT2D eigenvalue weighted by Gasteiger charge is 2.04. The molecule has 0 radical (unpaired) electrons. The SMILES string of the molecule is C=CC(S)n1cnc2ccccc21. The monoisotopic (exact) mass is 190 g/mol. The molecule has 0 spiro atoms. The molecule has 2 nitrogen and oxygen atoms in total. The molecule has 1 atom stereocenters. The summed E-state index contributed by atoms with van der Waals surface area (Å²) in [4.78, 5) is 4.25. The van der Waals surface area contributed by atoms with Gasteiger partial charge in [-0.25, -0.2) is 4.98 Å². The van der Waals surface area contributed by atoms with E-state index >= 15 is 0 Å². The van der Waals surface area contributed by atoms with Crippen LogP contribution in [-0.4, -0.2) is 9.55 Å². The van der Waals surface area contributed by atoms with Crippen LogP contribution >= 0.6 is 12.6 Å². The Morgan fingerprint density at radius 1 is 1.46 bits per heavy atom. The van der Waals surface area contributed by atoms with Crippen LogP contribution in [0.3, 0.4) is 0 Å². The maximum absolute atomic E-state index is 4.37. The lowest BCUT2D eigenvalue weighted by Crippen LogP contribution is -1.96. The molecule has 2 rings (SSSR count). The molecule has 0 N–H and O–H groups in total. The lowest BCUT2D eigenvalue weighted by molar-refractivity contribution is 0.834. The van der Waals surface area contributed by atoms with Gasteiger partial charge in [0.15, 0.2) is 0 Å². The predicted molar refractivity (Wildman–Crippen MR) is 58.0 cm³/mol. The van der Waals surface area contributed by atoms with Gasteiger partial charge in [0.1, 0.15) is 0 Å². The second kappa shape index (κ2) is 3.26. The maximum atomic E-state index is 4.37. The number of nitrogens with zero attached hydrogens (tertiary/aromatic N) is 2.